The van der Waals surface area contributed by atoms with Gasteiger partial charge in [-0.3, -0.25) is 0 Å². The van der Waals surface area contributed by atoms with E-state index in [1.165, 1.54) is 36.5 Å². The van der Waals surface area contributed by atoms with Crippen molar-refractivity contribution in [3.63, 3.8) is 0 Å². The number of unbranched alkanes of at least 4 members (excludes halogenated alkanes) is 2. The van der Waals surface area contributed by atoms with Crippen LogP contribution in [-0.4, -0.2) is 18.1 Å². The Kier molecular flexibility index (Phi) is 7.77. The van der Waals surface area contributed by atoms with Crippen molar-refractivity contribution < 1.29 is 0 Å². The summed E-state index contributed by atoms with van der Waals surface area (Å²) in [6, 6.07) is 8.34. The number of anilines is 1. The first-order valence-corrected chi connectivity index (χ1v) is 7.85. The van der Waals surface area contributed by atoms with E-state index in [1.807, 2.05) is 11.8 Å². The third-order valence-electron chi connectivity index (χ3n) is 2.31. The third-order valence-corrected chi connectivity index (χ3v) is 3.91. The molecule has 0 heterocycles. The third kappa shape index (κ3) is 6.44. The lowest BCUT2D eigenvalue weighted by Crippen LogP contribution is -2.04. The van der Waals surface area contributed by atoms with E-state index < -0.39 is 0 Å². The second-order valence-corrected chi connectivity index (χ2v) is 5.89. The van der Waals surface area contributed by atoms with Crippen LogP contribution in [0.5, 0.6) is 0 Å². The Morgan fingerprint density at radius 3 is 2.56 bits per heavy atom. The molecule has 1 aromatic rings. The Bertz CT molecular complexity index is 274. The monoisotopic (exact) mass is 301 g/mol. The smallest absolute Gasteiger partial charge is 0.0341 e. The molecular weight excluding hydrogens is 282 g/mol. The number of benzene rings is 1. The maximum absolute atomic E-state index is 3.43. The molecule has 0 spiro atoms. The molecule has 0 bridgehead atoms. The lowest BCUT2D eigenvalue weighted by molar-refractivity contribution is 0.778. The molecular formula is C13H20BrNS. The highest BCUT2D eigenvalue weighted by Crippen LogP contribution is 2.14. The molecule has 0 aromatic heterocycles. The summed E-state index contributed by atoms with van der Waals surface area (Å²) in [4.78, 5) is 0. The van der Waals surface area contributed by atoms with E-state index in [9.17, 15) is 0 Å². The fraction of sp³-hybridized carbons (Fsp3) is 0.538. The van der Waals surface area contributed by atoms with E-state index >= 15 is 0 Å². The molecule has 90 valence electrons. The molecule has 3 heteroatoms. The maximum atomic E-state index is 3.43. The minimum atomic E-state index is 1.05. The molecule has 0 saturated heterocycles. The summed E-state index contributed by atoms with van der Waals surface area (Å²) in [5.74, 6) is 2.50. The van der Waals surface area contributed by atoms with Crippen LogP contribution in [0, 0.1) is 0 Å². The molecule has 0 fully saturated rings. The van der Waals surface area contributed by atoms with Crippen molar-refractivity contribution in [1.82, 2.24) is 0 Å². The molecule has 0 unspecified atom stereocenters. The lowest BCUT2D eigenvalue weighted by Gasteiger charge is -2.06. The van der Waals surface area contributed by atoms with E-state index in [-0.39, 0.29) is 0 Å². The van der Waals surface area contributed by atoms with Gasteiger partial charge in [-0.25, -0.2) is 0 Å². The Hall–Kier alpha value is -0.150. The second-order valence-electron chi connectivity index (χ2n) is 3.75. The zero-order valence-electron chi connectivity index (χ0n) is 9.84. The Balaban J connectivity index is 2.01. The standard InChI is InChI=1S/C13H20BrNS/c1-2-3-4-10-16-11-9-15-13-7-5-12(14)6-8-13/h5-8,15H,2-4,9-11H2,1H3. The van der Waals surface area contributed by atoms with E-state index in [1.54, 1.807) is 0 Å². The molecule has 1 N–H and O–H groups in total. The second kappa shape index (κ2) is 8.94. The van der Waals surface area contributed by atoms with Gasteiger partial charge in [0.25, 0.3) is 0 Å². The van der Waals surface area contributed by atoms with Gasteiger partial charge in [0.2, 0.25) is 0 Å². The lowest BCUT2D eigenvalue weighted by atomic mass is 10.3. The van der Waals surface area contributed by atoms with Crippen LogP contribution in [-0.2, 0) is 0 Å². The first-order valence-electron chi connectivity index (χ1n) is 5.90. The van der Waals surface area contributed by atoms with Crippen LogP contribution in [0.2, 0.25) is 0 Å². The molecule has 1 aromatic carbocycles. The van der Waals surface area contributed by atoms with Crippen molar-refractivity contribution in [2.75, 3.05) is 23.4 Å². The van der Waals surface area contributed by atoms with Crippen molar-refractivity contribution in [2.45, 2.75) is 26.2 Å². The molecule has 0 aliphatic rings. The summed E-state index contributed by atoms with van der Waals surface area (Å²) < 4.78 is 1.13. The van der Waals surface area contributed by atoms with Crippen molar-refractivity contribution in [2.24, 2.45) is 0 Å². The summed E-state index contributed by atoms with van der Waals surface area (Å²) in [6.07, 6.45) is 4.05. The van der Waals surface area contributed by atoms with E-state index in [0.717, 1.165) is 11.0 Å². The van der Waals surface area contributed by atoms with Crippen LogP contribution < -0.4 is 5.32 Å². The Morgan fingerprint density at radius 2 is 1.88 bits per heavy atom. The summed E-state index contributed by atoms with van der Waals surface area (Å²) in [5, 5.41) is 3.42. The first kappa shape index (κ1) is 13.9. The molecule has 0 radical (unpaired) electrons. The van der Waals surface area contributed by atoms with Gasteiger partial charge in [0, 0.05) is 22.5 Å². The highest BCUT2D eigenvalue weighted by Gasteiger charge is 1.92. The van der Waals surface area contributed by atoms with Gasteiger partial charge in [0.1, 0.15) is 0 Å². The van der Waals surface area contributed by atoms with Gasteiger partial charge in [0.05, 0.1) is 0 Å². The van der Waals surface area contributed by atoms with Crippen LogP contribution in [0.1, 0.15) is 26.2 Å². The van der Waals surface area contributed by atoms with Gasteiger partial charge in [-0.05, 0) is 36.4 Å². The summed E-state index contributed by atoms with van der Waals surface area (Å²) in [6.45, 7) is 3.30. The number of nitrogens with one attached hydrogen (secondary N) is 1. The molecule has 0 aliphatic heterocycles. The van der Waals surface area contributed by atoms with Gasteiger partial charge >= 0.3 is 0 Å². The maximum Gasteiger partial charge on any atom is 0.0341 e. The van der Waals surface area contributed by atoms with Gasteiger partial charge in [-0.1, -0.05) is 35.7 Å². The van der Waals surface area contributed by atoms with Gasteiger partial charge < -0.3 is 5.32 Å². The van der Waals surface area contributed by atoms with Crippen LogP contribution >= 0.6 is 27.7 Å². The van der Waals surface area contributed by atoms with Crippen LogP contribution in [0.3, 0.4) is 0 Å². The predicted octanol–water partition coefficient (Wildman–Crippen LogP) is 4.78. The average Bonchev–Trinajstić information content (AvgIpc) is 2.30. The summed E-state index contributed by atoms with van der Waals surface area (Å²) in [7, 11) is 0. The molecule has 0 aliphatic carbocycles. The van der Waals surface area contributed by atoms with Crippen molar-refractivity contribution >= 4 is 33.4 Å². The Labute approximate surface area is 112 Å². The average molecular weight is 302 g/mol. The SMILES string of the molecule is CCCCCSCCNc1ccc(Br)cc1. The summed E-state index contributed by atoms with van der Waals surface area (Å²) in [5.41, 5.74) is 1.21. The van der Waals surface area contributed by atoms with Crippen LogP contribution in [0.15, 0.2) is 28.7 Å². The minimum Gasteiger partial charge on any atom is -0.384 e. The molecule has 0 atom stereocenters. The highest BCUT2D eigenvalue weighted by atomic mass is 79.9. The number of rotatable bonds is 8. The predicted molar refractivity (Wildman–Crippen MR) is 79.5 cm³/mol. The van der Waals surface area contributed by atoms with Gasteiger partial charge in [0.15, 0.2) is 0 Å². The number of thioether (sulfide) groups is 1. The zero-order chi connectivity index (χ0) is 11.6. The van der Waals surface area contributed by atoms with Crippen LogP contribution in [0.25, 0.3) is 0 Å². The number of halogens is 1. The fourth-order valence-electron chi connectivity index (χ4n) is 1.39. The zero-order valence-corrected chi connectivity index (χ0v) is 12.2. The summed E-state index contributed by atoms with van der Waals surface area (Å²) >= 11 is 5.47. The molecule has 1 rings (SSSR count). The van der Waals surface area contributed by atoms with Gasteiger partial charge in [-0.15, -0.1) is 0 Å². The van der Waals surface area contributed by atoms with Crippen molar-refractivity contribution in [3.05, 3.63) is 28.7 Å². The number of hydrogen-bond donors (Lipinski definition) is 1. The first-order chi connectivity index (χ1) is 7.83. The fourth-order valence-corrected chi connectivity index (χ4v) is 2.51. The topological polar surface area (TPSA) is 12.0 Å². The normalized spacial score (nSPS) is 10.4. The van der Waals surface area contributed by atoms with E-state index in [4.69, 9.17) is 0 Å². The van der Waals surface area contributed by atoms with Gasteiger partial charge in [-0.2, -0.15) is 11.8 Å². The highest BCUT2D eigenvalue weighted by molar-refractivity contribution is 9.10. The largest absolute Gasteiger partial charge is 0.384 e. The van der Waals surface area contributed by atoms with E-state index in [0.29, 0.717) is 0 Å². The van der Waals surface area contributed by atoms with E-state index in [2.05, 4.69) is 52.4 Å². The van der Waals surface area contributed by atoms with Crippen molar-refractivity contribution in [1.29, 1.82) is 0 Å². The molecule has 1 nitrogen and oxygen atoms in total. The molecule has 0 amide bonds. The Morgan fingerprint density at radius 1 is 1.12 bits per heavy atom. The number of hydrogen-bond acceptors (Lipinski definition) is 2. The van der Waals surface area contributed by atoms with Crippen LogP contribution in [0.4, 0.5) is 5.69 Å². The molecule has 16 heavy (non-hydrogen) atoms. The van der Waals surface area contributed by atoms with Crippen molar-refractivity contribution in [3.8, 4) is 0 Å². The quantitative estimate of drug-likeness (QED) is 0.693. The molecule has 0 saturated carbocycles. The minimum absolute atomic E-state index is 1.05.